The summed E-state index contributed by atoms with van der Waals surface area (Å²) in [6.45, 7) is 7.67. The van der Waals surface area contributed by atoms with Crippen LogP contribution < -0.4 is 0 Å². The molecule has 2 heterocycles. The van der Waals surface area contributed by atoms with Crippen LogP contribution in [0.5, 0.6) is 0 Å². The third kappa shape index (κ3) is 3.49. The number of aryl methyl sites for hydroxylation is 2. The number of morpholine rings is 1. The van der Waals surface area contributed by atoms with Gasteiger partial charge in [0.1, 0.15) is 10.6 Å². The van der Waals surface area contributed by atoms with Crippen molar-refractivity contribution in [3.63, 3.8) is 0 Å². The molecule has 1 aromatic heterocycles. The Balaban J connectivity index is 1.90. The second-order valence-corrected chi connectivity index (χ2v) is 8.92. The molecule has 2 aromatic rings. The maximum absolute atomic E-state index is 13.3. The maximum Gasteiger partial charge on any atom is 0.249 e. The lowest BCUT2D eigenvalue weighted by Gasteiger charge is -2.44. The Hall–Kier alpha value is -1.70. The highest BCUT2D eigenvalue weighted by Crippen LogP contribution is 2.32. The van der Waals surface area contributed by atoms with Gasteiger partial charge in [0, 0.05) is 6.54 Å². The number of rotatable bonds is 4. The Morgan fingerprint density at radius 2 is 1.92 bits per heavy atom. The second-order valence-electron chi connectivity index (χ2n) is 7.12. The van der Waals surface area contributed by atoms with Crippen molar-refractivity contribution in [3.05, 3.63) is 47.3 Å². The van der Waals surface area contributed by atoms with Crippen LogP contribution >= 0.6 is 0 Å². The van der Waals surface area contributed by atoms with Crippen LogP contribution in [-0.2, 0) is 21.2 Å². The molecular weight excluding hydrogens is 340 g/mol. The van der Waals surface area contributed by atoms with Crippen molar-refractivity contribution in [1.82, 2.24) is 9.46 Å². The first-order chi connectivity index (χ1) is 11.7. The molecule has 6 nitrogen and oxygen atoms in total. The minimum atomic E-state index is -3.72. The van der Waals surface area contributed by atoms with E-state index in [0.717, 1.165) is 5.56 Å². The number of ether oxygens (including phenoxy) is 1. The van der Waals surface area contributed by atoms with Gasteiger partial charge in [0.05, 0.1) is 18.2 Å². The first kappa shape index (κ1) is 18.1. The van der Waals surface area contributed by atoms with Gasteiger partial charge in [-0.3, -0.25) is 0 Å². The normalized spacial score (nSPS) is 21.4. The van der Waals surface area contributed by atoms with Crippen LogP contribution in [0.3, 0.4) is 0 Å². The van der Waals surface area contributed by atoms with Crippen LogP contribution in [0.25, 0.3) is 0 Å². The fourth-order valence-electron chi connectivity index (χ4n) is 3.26. The molecule has 0 N–H and O–H groups in total. The zero-order valence-electron chi connectivity index (χ0n) is 15.0. The standard InChI is InChI=1S/C18H24N2O4S/c1-13-17(14(2)24-19-13)25(21,22)20-11-16(23-12-18(20,3)4)10-15-8-6-5-7-9-15/h5-9,16H,10-12H2,1-4H3. The molecule has 0 amide bonds. The maximum atomic E-state index is 13.3. The molecule has 25 heavy (non-hydrogen) atoms. The lowest BCUT2D eigenvalue weighted by atomic mass is 10.0. The molecule has 1 saturated heterocycles. The monoisotopic (exact) mass is 364 g/mol. The summed E-state index contributed by atoms with van der Waals surface area (Å²) >= 11 is 0. The zero-order chi connectivity index (χ0) is 18.2. The van der Waals surface area contributed by atoms with E-state index in [-0.39, 0.29) is 11.0 Å². The number of nitrogens with zero attached hydrogens (tertiary/aromatic N) is 2. The highest BCUT2D eigenvalue weighted by Gasteiger charge is 2.44. The predicted octanol–water partition coefficient (Wildman–Crippen LogP) is 2.70. The van der Waals surface area contributed by atoms with Crippen LogP contribution in [-0.4, -0.2) is 42.7 Å². The van der Waals surface area contributed by atoms with Crippen LogP contribution in [0.2, 0.25) is 0 Å². The molecule has 136 valence electrons. The molecule has 0 radical (unpaired) electrons. The predicted molar refractivity (Wildman–Crippen MR) is 93.8 cm³/mol. The van der Waals surface area contributed by atoms with Crippen molar-refractivity contribution in [3.8, 4) is 0 Å². The van der Waals surface area contributed by atoms with E-state index in [1.807, 2.05) is 44.2 Å². The second kappa shape index (κ2) is 6.55. The number of hydrogen-bond donors (Lipinski definition) is 0. The van der Waals surface area contributed by atoms with Gasteiger partial charge in [-0.05, 0) is 39.7 Å². The van der Waals surface area contributed by atoms with E-state index in [2.05, 4.69) is 5.16 Å². The van der Waals surface area contributed by atoms with Gasteiger partial charge < -0.3 is 9.26 Å². The molecule has 1 fully saturated rings. The van der Waals surface area contributed by atoms with Crippen LogP contribution in [0.15, 0.2) is 39.8 Å². The summed E-state index contributed by atoms with van der Waals surface area (Å²) < 4.78 is 39.1. The lowest BCUT2D eigenvalue weighted by molar-refractivity contribution is -0.0629. The van der Waals surface area contributed by atoms with Gasteiger partial charge in [-0.2, -0.15) is 4.31 Å². The van der Waals surface area contributed by atoms with Crippen molar-refractivity contribution in [2.45, 2.75) is 50.7 Å². The van der Waals surface area contributed by atoms with E-state index >= 15 is 0 Å². The van der Waals surface area contributed by atoms with Crippen LogP contribution in [0, 0.1) is 13.8 Å². The summed E-state index contributed by atoms with van der Waals surface area (Å²) in [5.74, 6) is 0.319. The zero-order valence-corrected chi connectivity index (χ0v) is 15.8. The highest BCUT2D eigenvalue weighted by molar-refractivity contribution is 7.89. The third-order valence-electron chi connectivity index (χ3n) is 4.54. The van der Waals surface area contributed by atoms with E-state index in [0.29, 0.717) is 31.0 Å². The molecule has 7 heteroatoms. The Kier molecular flexibility index (Phi) is 4.74. The summed E-state index contributed by atoms with van der Waals surface area (Å²) in [4.78, 5) is 0.168. The summed E-state index contributed by atoms with van der Waals surface area (Å²) in [6.07, 6.45) is 0.482. The van der Waals surface area contributed by atoms with Gasteiger partial charge in [-0.15, -0.1) is 0 Å². The topological polar surface area (TPSA) is 72.6 Å². The summed E-state index contributed by atoms with van der Waals surface area (Å²) in [6, 6.07) is 9.95. The van der Waals surface area contributed by atoms with Crippen molar-refractivity contribution >= 4 is 10.0 Å². The van der Waals surface area contributed by atoms with Gasteiger partial charge in [-0.1, -0.05) is 35.5 Å². The Morgan fingerprint density at radius 1 is 1.24 bits per heavy atom. The Bertz CT molecular complexity index is 824. The molecule has 0 bridgehead atoms. The van der Waals surface area contributed by atoms with Crippen molar-refractivity contribution in [1.29, 1.82) is 0 Å². The van der Waals surface area contributed by atoms with Crippen molar-refractivity contribution in [2.75, 3.05) is 13.2 Å². The number of sulfonamides is 1. The molecule has 0 saturated carbocycles. The minimum absolute atomic E-state index is 0.168. The fraction of sp³-hybridized carbons (Fsp3) is 0.500. The summed E-state index contributed by atoms with van der Waals surface area (Å²) in [5.41, 5.74) is 0.878. The highest BCUT2D eigenvalue weighted by atomic mass is 32.2. The van der Waals surface area contributed by atoms with Gasteiger partial charge in [0.15, 0.2) is 5.76 Å². The van der Waals surface area contributed by atoms with Crippen LogP contribution in [0.4, 0.5) is 0 Å². The van der Waals surface area contributed by atoms with Gasteiger partial charge >= 0.3 is 0 Å². The van der Waals surface area contributed by atoms with Crippen LogP contribution in [0.1, 0.15) is 30.9 Å². The van der Waals surface area contributed by atoms with E-state index in [1.54, 1.807) is 13.8 Å². The number of benzene rings is 1. The van der Waals surface area contributed by atoms with E-state index in [9.17, 15) is 8.42 Å². The van der Waals surface area contributed by atoms with E-state index < -0.39 is 15.6 Å². The molecule has 1 unspecified atom stereocenters. The summed E-state index contributed by atoms with van der Waals surface area (Å²) in [7, 11) is -3.72. The SMILES string of the molecule is Cc1noc(C)c1S(=O)(=O)N1CC(Cc2ccccc2)OCC1(C)C. The lowest BCUT2D eigenvalue weighted by Crippen LogP contribution is -2.58. The molecule has 0 spiro atoms. The largest absolute Gasteiger partial charge is 0.375 e. The van der Waals surface area contributed by atoms with Crippen molar-refractivity contribution in [2.24, 2.45) is 0 Å². The number of aromatic nitrogens is 1. The Labute approximate surface area is 148 Å². The quantitative estimate of drug-likeness (QED) is 0.834. The average molecular weight is 364 g/mol. The molecule has 3 rings (SSSR count). The molecule has 0 aliphatic carbocycles. The molecule has 1 aromatic carbocycles. The minimum Gasteiger partial charge on any atom is -0.375 e. The first-order valence-corrected chi connectivity index (χ1v) is 9.77. The summed E-state index contributed by atoms with van der Waals surface area (Å²) in [5, 5.41) is 3.80. The molecule has 1 aliphatic heterocycles. The Morgan fingerprint density at radius 3 is 2.52 bits per heavy atom. The van der Waals surface area contributed by atoms with E-state index in [1.165, 1.54) is 4.31 Å². The smallest absolute Gasteiger partial charge is 0.249 e. The first-order valence-electron chi connectivity index (χ1n) is 8.33. The number of hydrogen-bond acceptors (Lipinski definition) is 5. The van der Waals surface area contributed by atoms with Gasteiger partial charge in [-0.25, -0.2) is 8.42 Å². The average Bonchev–Trinajstić information content (AvgIpc) is 2.89. The fourth-order valence-corrected chi connectivity index (χ4v) is 5.35. The van der Waals surface area contributed by atoms with E-state index in [4.69, 9.17) is 9.26 Å². The molecular formula is C18H24N2O4S. The van der Waals surface area contributed by atoms with Crippen molar-refractivity contribution < 1.29 is 17.7 Å². The molecule has 1 atom stereocenters. The van der Waals surface area contributed by atoms with Gasteiger partial charge in [0.2, 0.25) is 10.0 Å². The van der Waals surface area contributed by atoms with Gasteiger partial charge in [0.25, 0.3) is 0 Å². The molecule has 1 aliphatic rings. The third-order valence-corrected chi connectivity index (χ3v) is 6.86.